The molecule has 0 atom stereocenters. The third-order valence-electron chi connectivity index (χ3n) is 2.83. The number of carbonyl (C=O) groups is 1. The van der Waals surface area contributed by atoms with Crippen molar-refractivity contribution in [1.82, 2.24) is 4.98 Å². The SMILES string of the molecule is COc1ccc(C(=O)N(C)c2nc(C)cs2)cc1OC. The van der Waals surface area contributed by atoms with Crippen LogP contribution in [0.25, 0.3) is 0 Å². The Morgan fingerprint density at radius 2 is 1.95 bits per heavy atom. The van der Waals surface area contributed by atoms with Gasteiger partial charge in [0.15, 0.2) is 16.6 Å². The van der Waals surface area contributed by atoms with Gasteiger partial charge >= 0.3 is 0 Å². The van der Waals surface area contributed by atoms with E-state index >= 15 is 0 Å². The number of anilines is 1. The lowest BCUT2D eigenvalue weighted by atomic mass is 10.2. The largest absolute Gasteiger partial charge is 0.493 e. The lowest BCUT2D eigenvalue weighted by Crippen LogP contribution is -2.26. The van der Waals surface area contributed by atoms with Crippen molar-refractivity contribution < 1.29 is 14.3 Å². The Kier molecular flexibility index (Phi) is 4.24. The quantitative estimate of drug-likeness (QED) is 0.869. The van der Waals surface area contributed by atoms with Crippen LogP contribution in [0.3, 0.4) is 0 Å². The highest BCUT2D eigenvalue weighted by molar-refractivity contribution is 7.14. The molecule has 0 radical (unpaired) electrons. The molecule has 1 amide bonds. The first-order valence-electron chi connectivity index (χ1n) is 5.99. The van der Waals surface area contributed by atoms with Crippen LogP contribution in [0.15, 0.2) is 23.6 Å². The van der Waals surface area contributed by atoms with E-state index < -0.39 is 0 Å². The Morgan fingerprint density at radius 1 is 1.25 bits per heavy atom. The first-order valence-corrected chi connectivity index (χ1v) is 6.87. The molecule has 0 saturated heterocycles. The lowest BCUT2D eigenvalue weighted by Gasteiger charge is -2.15. The number of carbonyl (C=O) groups excluding carboxylic acids is 1. The van der Waals surface area contributed by atoms with Crippen molar-refractivity contribution in [2.45, 2.75) is 6.92 Å². The molecule has 106 valence electrons. The van der Waals surface area contributed by atoms with Crippen molar-refractivity contribution in [1.29, 1.82) is 0 Å². The molecule has 0 aliphatic carbocycles. The minimum Gasteiger partial charge on any atom is -0.493 e. The molecule has 0 spiro atoms. The van der Waals surface area contributed by atoms with Crippen LogP contribution < -0.4 is 14.4 Å². The van der Waals surface area contributed by atoms with Gasteiger partial charge in [-0.05, 0) is 25.1 Å². The van der Waals surface area contributed by atoms with E-state index in [2.05, 4.69) is 4.98 Å². The highest BCUT2D eigenvalue weighted by atomic mass is 32.1. The van der Waals surface area contributed by atoms with Gasteiger partial charge in [0, 0.05) is 18.0 Å². The number of aryl methyl sites for hydroxylation is 1. The van der Waals surface area contributed by atoms with E-state index in [1.54, 1.807) is 39.5 Å². The zero-order chi connectivity index (χ0) is 14.7. The molecule has 1 heterocycles. The minimum atomic E-state index is -0.139. The Hall–Kier alpha value is -2.08. The fourth-order valence-electron chi connectivity index (χ4n) is 1.75. The van der Waals surface area contributed by atoms with Crippen molar-refractivity contribution in [3.63, 3.8) is 0 Å². The van der Waals surface area contributed by atoms with Crippen LogP contribution >= 0.6 is 11.3 Å². The zero-order valence-corrected chi connectivity index (χ0v) is 12.7. The fourth-order valence-corrected chi connectivity index (χ4v) is 2.51. The van der Waals surface area contributed by atoms with Crippen molar-refractivity contribution in [3.05, 3.63) is 34.8 Å². The van der Waals surface area contributed by atoms with Crippen LogP contribution in [-0.2, 0) is 0 Å². The lowest BCUT2D eigenvalue weighted by molar-refractivity contribution is 0.0992. The number of benzene rings is 1. The summed E-state index contributed by atoms with van der Waals surface area (Å²) in [5, 5.41) is 2.58. The predicted molar refractivity (Wildman–Crippen MR) is 79.1 cm³/mol. The summed E-state index contributed by atoms with van der Waals surface area (Å²) in [7, 11) is 4.81. The monoisotopic (exact) mass is 292 g/mol. The topological polar surface area (TPSA) is 51.7 Å². The van der Waals surface area contributed by atoms with Gasteiger partial charge in [-0.2, -0.15) is 0 Å². The average molecular weight is 292 g/mol. The number of thiazole rings is 1. The van der Waals surface area contributed by atoms with Gasteiger partial charge in [-0.25, -0.2) is 4.98 Å². The maximum atomic E-state index is 12.4. The second-order valence-electron chi connectivity index (χ2n) is 4.21. The molecule has 0 N–H and O–H groups in total. The summed E-state index contributed by atoms with van der Waals surface area (Å²) in [4.78, 5) is 18.2. The Bertz CT molecular complexity index is 625. The van der Waals surface area contributed by atoms with Gasteiger partial charge < -0.3 is 9.47 Å². The van der Waals surface area contributed by atoms with E-state index in [4.69, 9.17) is 9.47 Å². The van der Waals surface area contributed by atoms with Crippen LogP contribution in [0.1, 0.15) is 16.1 Å². The summed E-state index contributed by atoms with van der Waals surface area (Å²) in [6.07, 6.45) is 0. The number of ether oxygens (including phenoxy) is 2. The van der Waals surface area contributed by atoms with Gasteiger partial charge in [0.2, 0.25) is 0 Å². The molecular weight excluding hydrogens is 276 g/mol. The average Bonchev–Trinajstić information content (AvgIpc) is 2.91. The first-order chi connectivity index (χ1) is 9.56. The second kappa shape index (κ2) is 5.92. The standard InChI is InChI=1S/C14H16N2O3S/c1-9-8-20-14(15-9)16(2)13(17)10-5-6-11(18-3)12(7-10)19-4/h5-8H,1-4H3. The summed E-state index contributed by atoms with van der Waals surface area (Å²) in [6.45, 7) is 1.90. The number of aromatic nitrogens is 1. The summed E-state index contributed by atoms with van der Waals surface area (Å²) >= 11 is 1.44. The maximum absolute atomic E-state index is 12.4. The molecule has 0 unspecified atom stereocenters. The van der Waals surface area contributed by atoms with Gasteiger partial charge in [0.05, 0.1) is 19.9 Å². The van der Waals surface area contributed by atoms with Gasteiger partial charge in [0.1, 0.15) is 0 Å². The highest BCUT2D eigenvalue weighted by Crippen LogP contribution is 2.29. The molecule has 20 heavy (non-hydrogen) atoms. The predicted octanol–water partition coefficient (Wildman–Crippen LogP) is 2.75. The number of nitrogens with zero attached hydrogens (tertiary/aromatic N) is 2. The molecule has 0 aliphatic rings. The van der Waals surface area contributed by atoms with Crippen molar-refractivity contribution >= 4 is 22.4 Å². The second-order valence-corrected chi connectivity index (χ2v) is 5.04. The molecule has 0 saturated carbocycles. The number of rotatable bonds is 4. The molecule has 2 rings (SSSR count). The normalized spacial score (nSPS) is 10.2. The molecule has 1 aromatic heterocycles. The van der Waals surface area contributed by atoms with Gasteiger partial charge in [0.25, 0.3) is 5.91 Å². The van der Waals surface area contributed by atoms with E-state index in [-0.39, 0.29) is 5.91 Å². The van der Waals surface area contributed by atoms with E-state index in [0.29, 0.717) is 22.2 Å². The first kappa shape index (κ1) is 14.3. The number of methoxy groups -OCH3 is 2. The Balaban J connectivity index is 2.29. The fraction of sp³-hybridized carbons (Fsp3) is 0.286. The molecule has 0 fully saturated rings. The summed E-state index contributed by atoms with van der Waals surface area (Å²) in [6, 6.07) is 5.09. The molecule has 2 aromatic rings. The molecule has 6 heteroatoms. The summed E-state index contributed by atoms with van der Waals surface area (Å²) in [5.74, 6) is 0.985. The van der Waals surface area contributed by atoms with Gasteiger partial charge in [-0.1, -0.05) is 0 Å². The van der Waals surface area contributed by atoms with E-state index in [1.165, 1.54) is 16.2 Å². The maximum Gasteiger partial charge on any atom is 0.259 e. The highest BCUT2D eigenvalue weighted by Gasteiger charge is 2.18. The number of hydrogen-bond donors (Lipinski definition) is 0. The molecule has 5 nitrogen and oxygen atoms in total. The molecule has 1 aromatic carbocycles. The molecule has 0 aliphatic heterocycles. The third kappa shape index (κ3) is 2.75. The van der Waals surface area contributed by atoms with Crippen molar-refractivity contribution in [2.24, 2.45) is 0 Å². The van der Waals surface area contributed by atoms with Crippen LogP contribution in [0, 0.1) is 6.92 Å². The molecular formula is C14H16N2O3S. The zero-order valence-electron chi connectivity index (χ0n) is 11.8. The van der Waals surface area contributed by atoms with Crippen LogP contribution in [0.2, 0.25) is 0 Å². The smallest absolute Gasteiger partial charge is 0.259 e. The Morgan fingerprint density at radius 3 is 2.50 bits per heavy atom. The van der Waals surface area contributed by atoms with Crippen molar-refractivity contribution in [3.8, 4) is 11.5 Å². The minimum absolute atomic E-state index is 0.139. The van der Waals surface area contributed by atoms with Crippen LogP contribution in [0.4, 0.5) is 5.13 Å². The third-order valence-corrected chi connectivity index (χ3v) is 3.86. The number of hydrogen-bond acceptors (Lipinski definition) is 5. The molecule has 0 bridgehead atoms. The summed E-state index contributed by atoms with van der Waals surface area (Å²) < 4.78 is 10.4. The Labute approximate surface area is 121 Å². The van der Waals surface area contributed by atoms with E-state index in [9.17, 15) is 4.79 Å². The van der Waals surface area contributed by atoms with Gasteiger partial charge in [-0.15, -0.1) is 11.3 Å². The van der Waals surface area contributed by atoms with E-state index in [0.717, 1.165) is 5.69 Å². The number of amides is 1. The van der Waals surface area contributed by atoms with Crippen LogP contribution in [0.5, 0.6) is 11.5 Å². The van der Waals surface area contributed by atoms with Crippen LogP contribution in [-0.4, -0.2) is 32.2 Å². The summed E-state index contributed by atoms with van der Waals surface area (Å²) in [5.41, 5.74) is 1.43. The van der Waals surface area contributed by atoms with Gasteiger partial charge in [-0.3, -0.25) is 9.69 Å². The van der Waals surface area contributed by atoms with E-state index in [1.807, 2.05) is 12.3 Å². The van der Waals surface area contributed by atoms with Crippen molar-refractivity contribution in [2.75, 3.05) is 26.2 Å².